The average molecular weight is 381 g/mol. The summed E-state index contributed by atoms with van der Waals surface area (Å²) in [5.41, 5.74) is 8.73. The molecule has 5 heteroatoms. The van der Waals surface area contributed by atoms with Crippen LogP contribution in [0.3, 0.4) is 0 Å². The number of rotatable bonds is 8. The Kier molecular flexibility index (Phi) is 8.03. The molecule has 2 N–H and O–H groups in total. The monoisotopic (exact) mass is 381 g/mol. The number of nitrogens with two attached hydrogens (primary N) is 1. The Bertz CT molecular complexity index is 812. The molecule has 1 fully saturated rings. The normalized spacial score (nSPS) is 16.1. The van der Waals surface area contributed by atoms with Crippen molar-refractivity contribution in [2.24, 2.45) is 11.7 Å². The number of likely N-dealkylation sites (tertiary alicyclic amines) is 1. The van der Waals surface area contributed by atoms with Gasteiger partial charge in [-0.15, -0.1) is 0 Å². The summed E-state index contributed by atoms with van der Waals surface area (Å²) in [6.45, 7) is 13.3. The molecule has 148 valence electrons. The Balaban J connectivity index is 1.79. The fraction of sp³-hybridized carbons (Fsp3) is 0.348. The van der Waals surface area contributed by atoms with Crippen LogP contribution >= 0.6 is 0 Å². The van der Waals surface area contributed by atoms with Crippen molar-refractivity contribution in [2.45, 2.75) is 26.4 Å². The van der Waals surface area contributed by atoms with Crippen LogP contribution in [0.25, 0.3) is 0 Å². The first-order valence-electron chi connectivity index (χ1n) is 9.39. The second-order valence-corrected chi connectivity index (χ2v) is 7.22. The van der Waals surface area contributed by atoms with Gasteiger partial charge < -0.3 is 10.5 Å². The summed E-state index contributed by atoms with van der Waals surface area (Å²) >= 11 is 0. The number of piperidine rings is 1. The highest BCUT2D eigenvalue weighted by atomic mass is 19.1. The van der Waals surface area contributed by atoms with Gasteiger partial charge in [-0.1, -0.05) is 42.5 Å². The Morgan fingerprint density at radius 2 is 2.11 bits per heavy atom. The molecule has 1 aromatic rings. The van der Waals surface area contributed by atoms with Crippen molar-refractivity contribution in [2.75, 3.05) is 19.6 Å². The van der Waals surface area contributed by atoms with Gasteiger partial charge in [0, 0.05) is 12.1 Å². The first-order valence-corrected chi connectivity index (χ1v) is 9.39. The second-order valence-electron chi connectivity index (χ2n) is 7.22. The molecule has 0 bridgehead atoms. The SMILES string of the molecule is C=C(C)CN1CCC(C(=C)/C=C\C=C(/N)OCc2ccc(C#N)cc2F)CC1. The van der Waals surface area contributed by atoms with Crippen molar-refractivity contribution in [3.63, 3.8) is 0 Å². The zero-order valence-electron chi connectivity index (χ0n) is 16.5. The van der Waals surface area contributed by atoms with Gasteiger partial charge in [0.1, 0.15) is 12.4 Å². The molecule has 0 spiro atoms. The maximum Gasteiger partial charge on any atom is 0.184 e. The molecule has 0 unspecified atom stereocenters. The highest BCUT2D eigenvalue weighted by Crippen LogP contribution is 2.24. The molecule has 1 heterocycles. The summed E-state index contributed by atoms with van der Waals surface area (Å²) in [6.07, 6.45) is 7.59. The summed E-state index contributed by atoms with van der Waals surface area (Å²) in [4.78, 5) is 2.42. The predicted octanol–water partition coefficient (Wildman–Crippen LogP) is 4.41. The number of nitriles is 1. The van der Waals surface area contributed by atoms with Gasteiger partial charge in [-0.25, -0.2) is 4.39 Å². The number of hydrogen-bond donors (Lipinski definition) is 1. The molecule has 0 saturated carbocycles. The number of allylic oxidation sites excluding steroid dienone is 4. The highest BCUT2D eigenvalue weighted by Gasteiger charge is 2.19. The maximum atomic E-state index is 13.8. The van der Waals surface area contributed by atoms with Crippen LogP contribution in [0.4, 0.5) is 4.39 Å². The van der Waals surface area contributed by atoms with Crippen LogP contribution < -0.4 is 5.73 Å². The molecule has 1 aliphatic heterocycles. The summed E-state index contributed by atoms with van der Waals surface area (Å²) in [5, 5.41) is 8.76. The highest BCUT2D eigenvalue weighted by molar-refractivity contribution is 5.32. The van der Waals surface area contributed by atoms with Crippen LogP contribution in [0.15, 0.2) is 66.6 Å². The van der Waals surface area contributed by atoms with Gasteiger partial charge in [-0.3, -0.25) is 4.90 Å². The van der Waals surface area contributed by atoms with E-state index in [0.717, 1.165) is 38.0 Å². The molecule has 0 atom stereocenters. The standard InChI is InChI=1S/C23H28FN3O/c1-17(2)15-27-11-9-20(10-12-27)18(3)5-4-6-23(26)28-16-21-8-7-19(14-25)13-22(21)24/h4-8,13,20H,1,3,9-12,15-16,26H2,2H3/b5-4-,23-6+. The lowest BCUT2D eigenvalue weighted by Gasteiger charge is -2.32. The Hall–Kier alpha value is -2.84. The van der Waals surface area contributed by atoms with Crippen LogP contribution in [0.2, 0.25) is 0 Å². The lowest BCUT2D eigenvalue weighted by Crippen LogP contribution is -2.34. The van der Waals surface area contributed by atoms with Gasteiger partial charge in [0.05, 0.1) is 11.6 Å². The Labute approximate surface area is 167 Å². The van der Waals surface area contributed by atoms with Crippen molar-refractivity contribution >= 4 is 0 Å². The minimum atomic E-state index is -0.478. The molecular weight excluding hydrogens is 353 g/mol. The molecule has 0 radical (unpaired) electrons. The molecule has 1 aliphatic rings. The third kappa shape index (κ3) is 6.71. The zero-order chi connectivity index (χ0) is 20.5. The van der Waals surface area contributed by atoms with Gasteiger partial charge in [0.25, 0.3) is 0 Å². The predicted molar refractivity (Wildman–Crippen MR) is 110 cm³/mol. The van der Waals surface area contributed by atoms with E-state index in [2.05, 4.69) is 25.0 Å². The van der Waals surface area contributed by atoms with E-state index in [4.69, 9.17) is 15.7 Å². The summed E-state index contributed by atoms with van der Waals surface area (Å²) in [5.74, 6) is 0.193. The number of ether oxygens (including phenoxy) is 1. The van der Waals surface area contributed by atoms with E-state index in [-0.39, 0.29) is 18.1 Å². The number of halogens is 1. The molecule has 1 aromatic carbocycles. The number of nitrogens with zero attached hydrogens (tertiary/aromatic N) is 2. The van der Waals surface area contributed by atoms with E-state index < -0.39 is 5.82 Å². The van der Waals surface area contributed by atoms with E-state index in [1.165, 1.54) is 17.7 Å². The first-order chi connectivity index (χ1) is 13.4. The van der Waals surface area contributed by atoms with Gasteiger partial charge in [0.2, 0.25) is 0 Å². The average Bonchev–Trinajstić information content (AvgIpc) is 2.67. The molecule has 28 heavy (non-hydrogen) atoms. The smallest absolute Gasteiger partial charge is 0.184 e. The van der Waals surface area contributed by atoms with Crippen molar-refractivity contribution in [1.82, 2.24) is 4.90 Å². The summed E-state index contributed by atoms with van der Waals surface area (Å²) < 4.78 is 19.2. The minimum Gasteiger partial charge on any atom is -0.474 e. The van der Waals surface area contributed by atoms with E-state index in [0.29, 0.717) is 11.5 Å². The van der Waals surface area contributed by atoms with Crippen molar-refractivity contribution in [3.8, 4) is 6.07 Å². The van der Waals surface area contributed by atoms with Crippen LogP contribution in [0, 0.1) is 23.1 Å². The van der Waals surface area contributed by atoms with Gasteiger partial charge in [0.15, 0.2) is 5.88 Å². The van der Waals surface area contributed by atoms with Crippen molar-refractivity contribution in [1.29, 1.82) is 5.26 Å². The van der Waals surface area contributed by atoms with E-state index in [9.17, 15) is 4.39 Å². The van der Waals surface area contributed by atoms with Crippen molar-refractivity contribution in [3.05, 3.63) is 83.6 Å². The third-order valence-corrected chi connectivity index (χ3v) is 4.75. The fourth-order valence-corrected chi connectivity index (χ4v) is 3.19. The zero-order valence-corrected chi connectivity index (χ0v) is 16.5. The molecule has 4 nitrogen and oxygen atoms in total. The topological polar surface area (TPSA) is 62.3 Å². The Morgan fingerprint density at radius 1 is 1.39 bits per heavy atom. The number of hydrogen-bond acceptors (Lipinski definition) is 4. The van der Waals surface area contributed by atoms with Crippen LogP contribution in [-0.4, -0.2) is 24.5 Å². The van der Waals surface area contributed by atoms with Crippen molar-refractivity contribution < 1.29 is 9.13 Å². The molecule has 0 aromatic heterocycles. The molecule has 2 rings (SSSR count). The summed E-state index contributed by atoms with van der Waals surface area (Å²) in [6, 6.07) is 6.16. The van der Waals surface area contributed by atoms with E-state index in [1.54, 1.807) is 12.1 Å². The third-order valence-electron chi connectivity index (χ3n) is 4.75. The van der Waals surface area contributed by atoms with E-state index >= 15 is 0 Å². The molecule has 0 amide bonds. The van der Waals surface area contributed by atoms with Crippen LogP contribution in [-0.2, 0) is 11.3 Å². The van der Waals surface area contributed by atoms with Gasteiger partial charge in [-0.05, 0) is 57.0 Å². The molecular formula is C23H28FN3O. The van der Waals surface area contributed by atoms with Crippen LogP contribution in [0.5, 0.6) is 0 Å². The maximum absolute atomic E-state index is 13.8. The Morgan fingerprint density at radius 3 is 2.71 bits per heavy atom. The summed E-state index contributed by atoms with van der Waals surface area (Å²) in [7, 11) is 0. The molecule has 1 saturated heterocycles. The number of benzene rings is 1. The minimum absolute atomic E-state index is 0.00976. The lowest BCUT2D eigenvalue weighted by molar-refractivity contribution is 0.192. The quantitative estimate of drug-likeness (QED) is 0.411. The largest absolute Gasteiger partial charge is 0.474 e. The first kappa shape index (κ1) is 21.5. The van der Waals surface area contributed by atoms with Gasteiger partial charge in [-0.2, -0.15) is 5.26 Å². The lowest BCUT2D eigenvalue weighted by atomic mass is 9.89. The van der Waals surface area contributed by atoms with E-state index in [1.807, 2.05) is 18.2 Å². The fourth-order valence-electron chi connectivity index (χ4n) is 3.19. The molecule has 0 aliphatic carbocycles. The second kappa shape index (κ2) is 10.5. The van der Waals surface area contributed by atoms with Crippen LogP contribution in [0.1, 0.15) is 30.9 Å². The van der Waals surface area contributed by atoms with Gasteiger partial charge >= 0.3 is 0 Å².